The summed E-state index contributed by atoms with van der Waals surface area (Å²) in [5, 5.41) is 9.02. The van der Waals surface area contributed by atoms with E-state index in [4.69, 9.17) is 15.6 Å². The van der Waals surface area contributed by atoms with E-state index in [0.29, 0.717) is 12.8 Å². The van der Waals surface area contributed by atoms with E-state index in [1.807, 2.05) is 13.8 Å². The molecule has 3 N–H and O–H groups in total. The molecule has 0 saturated heterocycles. The van der Waals surface area contributed by atoms with Gasteiger partial charge in [-0.25, -0.2) is 4.79 Å². The molecule has 0 bridgehead atoms. The van der Waals surface area contributed by atoms with E-state index in [1.54, 1.807) is 0 Å². The van der Waals surface area contributed by atoms with Gasteiger partial charge in [0.15, 0.2) is 6.10 Å². The summed E-state index contributed by atoms with van der Waals surface area (Å²) in [6.07, 6.45) is 3.64. The van der Waals surface area contributed by atoms with E-state index in [1.165, 1.54) is 0 Å². The Morgan fingerprint density at radius 2 is 1.84 bits per heavy atom. The molecule has 19 heavy (non-hydrogen) atoms. The zero-order valence-electron chi connectivity index (χ0n) is 12.2. The number of aliphatic carboxylic acids is 1. The van der Waals surface area contributed by atoms with Gasteiger partial charge in [0.25, 0.3) is 0 Å². The topological polar surface area (TPSA) is 89.6 Å². The van der Waals surface area contributed by atoms with Gasteiger partial charge in [-0.05, 0) is 25.2 Å². The third-order valence-corrected chi connectivity index (χ3v) is 2.88. The van der Waals surface area contributed by atoms with Gasteiger partial charge < -0.3 is 15.6 Å². The summed E-state index contributed by atoms with van der Waals surface area (Å²) in [6.45, 7) is 5.98. The third-order valence-electron chi connectivity index (χ3n) is 2.88. The Hall–Kier alpha value is -1.10. The molecule has 2 atom stereocenters. The van der Waals surface area contributed by atoms with Crippen LogP contribution in [0.5, 0.6) is 0 Å². The number of esters is 1. The highest BCUT2D eigenvalue weighted by molar-refractivity contribution is 5.80. The molecule has 0 saturated carbocycles. The first kappa shape index (κ1) is 17.9. The fourth-order valence-electron chi connectivity index (χ4n) is 1.82. The Labute approximate surface area is 115 Å². The number of carboxylic acids is 1. The molecular weight excluding hydrogens is 246 g/mol. The van der Waals surface area contributed by atoms with Crippen molar-refractivity contribution in [3.05, 3.63) is 0 Å². The van der Waals surface area contributed by atoms with Crippen molar-refractivity contribution in [3.8, 4) is 0 Å². The molecule has 0 amide bonds. The zero-order valence-corrected chi connectivity index (χ0v) is 12.2. The summed E-state index contributed by atoms with van der Waals surface area (Å²) in [5.41, 5.74) is 5.68. The van der Waals surface area contributed by atoms with Crippen molar-refractivity contribution in [3.63, 3.8) is 0 Å². The first-order valence-electron chi connectivity index (χ1n) is 7.07. The largest absolute Gasteiger partial charge is 0.479 e. The lowest BCUT2D eigenvalue weighted by molar-refractivity contribution is -0.165. The SMILES string of the molecule is CCCCCCC(OC(=O)[C@@H](N)CC(C)C)C(=O)O. The van der Waals surface area contributed by atoms with Gasteiger partial charge in [-0.3, -0.25) is 4.79 Å². The molecule has 0 aromatic rings. The Morgan fingerprint density at radius 3 is 2.32 bits per heavy atom. The Balaban J connectivity index is 4.18. The lowest BCUT2D eigenvalue weighted by Crippen LogP contribution is -2.38. The van der Waals surface area contributed by atoms with Gasteiger partial charge in [0.1, 0.15) is 6.04 Å². The van der Waals surface area contributed by atoms with E-state index in [9.17, 15) is 9.59 Å². The fourth-order valence-corrected chi connectivity index (χ4v) is 1.82. The van der Waals surface area contributed by atoms with Crippen molar-refractivity contribution < 1.29 is 19.4 Å². The van der Waals surface area contributed by atoms with Crippen molar-refractivity contribution >= 4 is 11.9 Å². The van der Waals surface area contributed by atoms with Crippen LogP contribution in [0.4, 0.5) is 0 Å². The monoisotopic (exact) mass is 273 g/mol. The molecule has 5 heteroatoms. The number of ether oxygens (including phenoxy) is 1. The number of carbonyl (C=O) groups is 2. The van der Waals surface area contributed by atoms with Crippen LogP contribution in [0, 0.1) is 5.92 Å². The minimum absolute atomic E-state index is 0.274. The normalized spacial score (nSPS) is 14.2. The molecule has 0 aromatic heterocycles. The van der Waals surface area contributed by atoms with Crippen molar-refractivity contribution in [2.24, 2.45) is 11.7 Å². The van der Waals surface area contributed by atoms with Crippen LogP contribution < -0.4 is 5.73 Å². The Morgan fingerprint density at radius 1 is 1.21 bits per heavy atom. The second kappa shape index (κ2) is 9.78. The van der Waals surface area contributed by atoms with Crippen LogP contribution in [-0.2, 0) is 14.3 Å². The quantitative estimate of drug-likeness (QED) is 0.471. The molecule has 0 fully saturated rings. The number of carbonyl (C=O) groups excluding carboxylic acids is 1. The summed E-state index contributed by atoms with van der Waals surface area (Å²) >= 11 is 0. The van der Waals surface area contributed by atoms with Crippen LogP contribution in [0.25, 0.3) is 0 Å². The van der Waals surface area contributed by atoms with Gasteiger partial charge in [-0.15, -0.1) is 0 Å². The summed E-state index contributed by atoms with van der Waals surface area (Å²) in [7, 11) is 0. The maximum atomic E-state index is 11.7. The molecule has 0 radical (unpaired) electrons. The van der Waals surface area contributed by atoms with Crippen LogP contribution in [0.1, 0.15) is 59.3 Å². The fraction of sp³-hybridized carbons (Fsp3) is 0.857. The lowest BCUT2D eigenvalue weighted by atomic mass is 10.0. The van der Waals surface area contributed by atoms with Crippen LogP contribution in [0.2, 0.25) is 0 Å². The Bertz CT molecular complexity index is 279. The van der Waals surface area contributed by atoms with Crippen LogP contribution in [0.15, 0.2) is 0 Å². The van der Waals surface area contributed by atoms with Crippen molar-refractivity contribution in [1.29, 1.82) is 0 Å². The molecule has 0 spiro atoms. The molecule has 112 valence electrons. The van der Waals surface area contributed by atoms with Gasteiger partial charge in [-0.2, -0.15) is 0 Å². The molecule has 0 aliphatic carbocycles. The van der Waals surface area contributed by atoms with Gasteiger partial charge in [0, 0.05) is 0 Å². The second-order valence-corrected chi connectivity index (χ2v) is 5.35. The highest BCUT2D eigenvalue weighted by atomic mass is 16.6. The van der Waals surface area contributed by atoms with Crippen LogP contribution >= 0.6 is 0 Å². The summed E-state index contributed by atoms with van der Waals surface area (Å²) in [5.74, 6) is -1.44. The smallest absolute Gasteiger partial charge is 0.345 e. The average molecular weight is 273 g/mol. The van der Waals surface area contributed by atoms with E-state index >= 15 is 0 Å². The van der Waals surface area contributed by atoms with Crippen LogP contribution in [0.3, 0.4) is 0 Å². The number of hydrogen-bond donors (Lipinski definition) is 2. The van der Waals surface area contributed by atoms with Crippen molar-refractivity contribution in [2.45, 2.75) is 71.4 Å². The first-order chi connectivity index (χ1) is 8.88. The highest BCUT2D eigenvalue weighted by Crippen LogP contribution is 2.11. The van der Waals surface area contributed by atoms with Gasteiger partial charge in [-0.1, -0.05) is 40.0 Å². The number of unbranched alkanes of at least 4 members (excludes halogenated alkanes) is 3. The standard InChI is InChI=1S/C14H27NO4/c1-4-5-6-7-8-12(13(16)17)19-14(18)11(15)9-10(2)3/h10-12H,4-9,15H2,1-3H3,(H,16,17)/t11-,12?/m0/s1. The molecule has 0 aromatic carbocycles. The van der Waals surface area contributed by atoms with E-state index < -0.39 is 24.1 Å². The minimum Gasteiger partial charge on any atom is -0.479 e. The predicted octanol–water partition coefficient (Wildman–Crippen LogP) is 2.33. The first-order valence-corrected chi connectivity index (χ1v) is 7.07. The molecule has 0 rings (SSSR count). The molecule has 5 nitrogen and oxygen atoms in total. The maximum Gasteiger partial charge on any atom is 0.345 e. The number of nitrogens with two attached hydrogens (primary N) is 1. The predicted molar refractivity (Wildman–Crippen MR) is 73.7 cm³/mol. The summed E-state index contributed by atoms with van der Waals surface area (Å²) in [6, 6.07) is -0.738. The highest BCUT2D eigenvalue weighted by Gasteiger charge is 2.25. The zero-order chi connectivity index (χ0) is 14.8. The van der Waals surface area contributed by atoms with E-state index in [-0.39, 0.29) is 5.92 Å². The van der Waals surface area contributed by atoms with Crippen LogP contribution in [-0.4, -0.2) is 29.2 Å². The molecule has 0 heterocycles. The van der Waals surface area contributed by atoms with Gasteiger partial charge >= 0.3 is 11.9 Å². The third kappa shape index (κ3) is 8.59. The van der Waals surface area contributed by atoms with E-state index in [0.717, 1.165) is 25.7 Å². The maximum absolute atomic E-state index is 11.7. The lowest BCUT2D eigenvalue weighted by Gasteiger charge is -2.18. The van der Waals surface area contributed by atoms with Gasteiger partial charge in [0.05, 0.1) is 0 Å². The average Bonchev–Trinajstić information content (AvgIpc) is 2.31. The van der Waals surface area contributed by atoms with Gasteiger partial charge in [0.2, 0.25) is 0 Å². The summed E-state index contributed by atoms with van der Waals surface area (Å²) < 4.78 is 4.99. The minimum atomic E-state index is -1.10. The Kier molecular flexibility index (Phi) is 9.21. The molecular formula is C14H27NO4. The summed E-state index contributed by atoms with van der Waals surface area (Å²) in [4.78, 5) is 22.7. The molecule has 0 aliphatic heterocycles. The van der Waals surface area contributed by atoms with Crippen molar-refractivity contribution in [2.75, 3.05) is 0 Å². The molecule has 1 unspecified atom stereocenters. The number of carboxylic acid groups (broad SMARTS) is 1. The molecule has 0 aliphatic rings. The number of rotatable bonds is 10. The van der Waals surface area contributed by atoms with E-state index in [2.05, 4.69) is 6.92 Å². The second-order valence-electron chi connectivity index (χ2n) is 5.35. The number of hydrogen-bond acceptors (Lipinski definition) is 4. The van der Waals surface area contributed by atoms with Crippen molar-refractivity contribution in [1.82, 2.24) is 0 Å².